The van der Waals surface area contributed by atoms with Crippen molar-refractivity contribution in [2.24, 2.45) is 0 Å². The largest absolute Gasteiger partial charge is 0.478 e. The van der Waals surface area contributed by atoms with Crippen LogP contribution in [-0.2, 0) is 13.0 Å². The van der Waals surface area contributed by atoms with Gasteiger partial charge in [0.25, 0.3) is 0 Å². The number of hydrogen-bond donors (Lipinski definition) is 1. The number of carboxylic acid groups (broad SMARTS) is 1. The Morgan fingerprint density at radius 3 is 2.86 bits per heavy atom. The van der Waals surface area contributed by atoms with Gasteiger partial charge in [-0.25, -0.2) is 9.18 Å². The Kier molecular flexibility index (Phi) is 3.68. The lowest BCUT2D eigenvalue weighted by Gasteiger charge is -2.20. The van der Waals surface area contributed by atoms with E-state index in [1.165, 1.54) is 6.07 Å². The molecular weight excluding hydrogens is 337 g/mol. The minimum absolute atomic E-state index is 0.249. The number of carbonyl (C=O) groups is 1. The highest BCUT2D eigenvalue weighted by molar-refractivity contribution is 9.10. The second-order valence-electron chi connectivity index (χ2n) is 5.06. The topological polar surface area (TPSA) is 40.5 Å². The van der Waals surface area contributed by atoms with Crippen molar-refractivity contribution < 1.29 is 14.3 Å². The Bertz CT molecular complexity index is 717. The molecule has 0 atom stereocenters. The van der Waals surface area contributed by atoms with Gasteiger partial charge in [0.1, 0.15) is 5.82 Å². The van der Waals surface area contributed by atoms with Gasteiger partial charge < -0.3 is 10.0 Å². The molecule has 1 heterocycles. The average molecular weight is 350 g/mol. The molecule has 0 saturated carbocycles. The number of rotatable bonds is 3. The smallest absolute Gasteiger partial charge is 0.335 e. The third-order valence-corrected chi connectivity index (χ3v) is 4.19. The molecule has 2 aromatic rings. The number of benzene rings is 2. The minimum atomic E-state index is -0.946. The molecule has 0 unspecified atom stereocenters. The quantitative estimate of drug-likeness (QED) is 0.914. The molecule has 0 amide bonds. The van der Waals surface area contributed by atoms with Gasteiger partial charge in [-0.15, -0.1) is 0 Å². The van der Waals surface area contributed by atoms with Crippen LogP contribution in [0.25, 0.3) is 0 Å². The van der Waals surface area contributed by atoms with E-state index in [9.17, 15) is 9.18 Å². The zero-order valence-electron chi connectivity index (χ0n) is 11.1. The monoisotopic (exact) mass is 349 g/mol. The third kappa shape index (κ3) is 2.78. The summed E-state index contributed by atoms with van der Waals surface area (Å²) in [7, 11) is 0. The zero-order valence-corrected chi connectivity index (χ0v) is 12.7. The first-order valence-corrected chi connectivity index (χ1v) is 7.39. The highest BCUT2D eigenvalue weighted by atomic mass is 79.9. The van der Waals surface area contributed by atoms with Crippen LogP contribution in [0.3, 0.4) is 0 Å². The summed E-state index contributed by atoms with van der Waals surface area (Å²) in [5.74, 6) is -1.20. The van der Waals surface area contributed by atoms with E-state index >= 15 is 0 Å². The maximum Gasteiger partial charge on any atom is 0.335 e. The van der Waals surface area contributed by atoms with Crippen LogP contribution in [-0.4, -0.2) is 17.6 Å². The highest BCUT2D eigenvalue weighted by Crippen LogP contribution is 2.31. The number of hydrogen-bond acceptors (Lipinski definition) is 2. The fourth-order valence-electron chi connectivity index (χ4n) is 2.61. The van der Waals surface area contributed by atoms with Crippen LogP contribution >= 0.6 is 15.9 Å². The summed E-state index contributed by atoms with van der Waals surface area (Å²) in [4.78, 5) is 13.1. The van der Waals surface area contributed by atoms with Crippen LogP contribution < -0.4 is 4.90 Å². The van der Waals surface area contributed by atoms with Gasteiger partial charge in [0.15, 0.2) is 0 Å². The first-order valence-electron chi connectivity index (χ1n) is 6.59. The summed E-state index contributed by atoms with van der Waals surface area (Å²) in [6.45, 7) is 1.20. The Balaban J connectivity index is 1.92. The molecule has 0 aliphatic carbocycles. The van der Waals surface area contributed by atoms with Gasteiger partial charge in [-0.3, -0.25) is 0 Å². The first-order chi connectivity index (χ1) is 10.0. The normalized spacial score (nSPS) is 13.3. The predicted molar refractivity (Wildman–Crippen MR) is 82.3 cm³/mol. The number of halogens is 2. The van der Waals surface area contributed by atoms with E-state index in [1.807, 2.05) is 11.0 Å². The Labute approximate surface area is 130 Å². The lowest BCUT2D eigenvalue weighted by molar-refractivity contribution is 0.0697. The Morgan fingerprint density at radius 1 is 1.29 bits per heavy atom. The van der Waals surface area contributed by atoms with E-state index < -0.39 is 5.97 Å². The van der Waals surface area contributed by atoms with Gasteiger partial charge in [0.05, 0.1) is 5.56 Å². The lowest BCUT2D eigenvalue weighted by atomic mass is 10.1. The summed E-state index contributed by atoms with van der Waals surface area (Å²) in [5, 5.41) is 9.09. The van der Waals surface area contributed by atoms with Crippen LogP contribution in [0.5, 0.6) is 0 Å². The maximum atomic E-state index is 13.9. The van der Waals surface area contributed by atoms with Gasteiger partial charge in [0.2, 0.25) is 0 Å². The molecule has 1 aliphatic heterocycles. The lowest BCUT2D eigenvalue weighted by Crippen LogP contribution is -2.20. The van der Waals surface area contributed by atoms with Crippen molar-refractivity contribution in [1.82, 2.24) is 0 Å². The van der Waals surface area contributed by atoms with Crippen molar-refractivity contribution in [3.8, 4) is 0 Å². The summed E-state index contributed by atoms with van der Waals surface area (Å²) < 4.78 is 14.7. The van der Waals surface area contributed by atoms with Crippen molar-refractivity contribution in [3.63, 3.8) is 0 Å². The summed E-state index contributed by atoms with van der Waals surface area (Å²) in [6.07, 6.45) is 0.852. The fraction of sp³-hybridized carbons (Fsp3) is 0.188. The molecule has 1 aliphatic rings. The summed E-state index contributed by atoms with van der Waals surface area (Å²) in [5.41, 5.74) is 2.85. The highest BCUT2D eigenvalue weighted by Gasteiger charge is 2.21. The van der Waals surface area contributed by atoms with Crippen LogP contribution in [0, 0.1) is 5.82 Å². The number of fused-ring (bicyclic) bond motifs is 1. The predicted octanol–water partition coefficient (Wildman–Crippen LogP) is 3.85. The second-order valence-corrected chi connectivity index (χ2v) is 5.97. The van der Waals surface area contributed by atoms with Gasteiger partial charge in [-0.1, -0.05) is 22.0 Å². The van der Waals surface area contributed by atoms with Crippen molar-refractivity contribution in [3.05, 3.63) is 63.4 Å². The van der Waals surface area contributed by atoms with Gasteiger partial charge in [-0.2, -0.15) is 0 Å². The molecule has 0 spiro atoms. The molecule has 1 N–H and O–H groups in total. The van der Waals surface area contributed by atoms with Crippen molar-refractivity contribution >= 4 is 27.6 Å². The van der Waals surface area contributed by atoms with Gasteiger partial charge >= 0.3 is 5.97 Å². The number of carboxylic acids is 1. The summed E-state index contributed by atoms with van der Waals surface area (Å²) >= 11 is 3.35. The molecule has 0 saturated heterocycles. The van der Waals surface area contributed by atoms with Crippen LogP contribution in [0.15, 0.2) is 40.9 Å². The zero-order chi connectivity index (χ0) is 15.0. The third-order valence-electron chi connectivity index (χ3n) is 3.69. The second kappa shape index (κ2) is 5.48. The first kappa shape index (κ1) is 14.1. The molecule has 3 rings (SSSR count). The van der Waals surface area contributed by atoms with E-state index in [1.54, 1.807) is 24.3 Å². The SMILES string of the molecule is O=C(O)c1ccc2c(c1)N(Cc1cc(Br)ccc1F)CC2. The fourth-order valence-corrected chi connectivity index (χ4v) is 3.02. The van der Waals surface area contributed by atoms with E-state index in [-0.39, 0.29) is 11.4 Å². The minimum Gasteiger partial charge on any atom is -0.478 e. The van der Waals surface area contributed by atoms with Gasteiger partial charge in [-0.05, 0) is 42.3 Å². The van der Waals surface area contributed by atoms with Gasteiger partial charge in [0, 0.05) is 28.8 Å². The number of nitrogens with zero attached hydrogens (tertiary/aromatic N) is 1. The van der Waals surface area contributed by atoms with Crippen molar-refractivity contribution in [2.75, 3.05) is 11.4 Å². The molecule has 3 nitrogen and oxygen atoms in total. The molecule has 21 heavy (non-hydrogen) atoms. The molecule has 0 aromatic heterocycles. The maximum absolute atomic E-state index is 13.9. The standard InChI is InChI=1S/C16H13BrFNO2/c17-13-3-4-14(18)12(7-13)9-19-6-5-10-1-2-11(16(20)21)8-15(10)19/h1-4,7-8H,5-6,9H2,(H,20,21). The molecular formula is C16H13BrFNO2. The van der Waals surface area contributed by atoms with Crippen LogP contribution in [0.4, 0.5) is 10.1 Å². The molecule has 108 valence electrons. The number of anilines is 1. The van der Waals surface area contributed by atoms with E-state index in [4.69, 9.17) is 5.11 Å². The Morgan fingerprint density at radius 2 is 2.10 bits per heavy atom. The van der Waals surface area contributed by atoms with Crippen molar-refractivity contribution in [2.45, 2.75) is 13.0 Å². The molecule has 5 heteroatoms. The van der Waals surface area contributed by atoms with E-state index in [2.05, 4.69) is 15.9 Å². The molecule has 0 bridgehead atoms. The Hall–Kier alpha value is -1.88. The van der Waals surface area contributed by atoms with E-state index in [0.717, 1.165) is 28.7 Å². The van der Waals surface area contributed by atoms with E-state index in [0.29, 0.717) is 12.1 Å². The van der Waals surface area contributed by atoms with Crippen molar-refractivity contribution in [1.29, 1.82) is 0 Å². The number of aromatic carboxylic acids is 1. The van der Waals surface area contributed by atoms with Crippen LogP contribution in [0.2, 0.25) is 0 Å². The van der Waals surface area contributed by atoms with Crippen LogP contribution in [0.1, 0.15) is 21.5 Å². The summed E-state index contributed by atoms with van der Waals surface area (Å²) in [6, 6.07) is 9.98. The average Bonchev–Trinajstić information content (AvgIpc) is 2.85. The molecule has 2 aromatic carbocycles. The molecule has 0 fully saturated rings. The molecule has 0 radical (unpaired) electrons.